The molecule has 0 N–H and O–H groups in total. The molecule has 1 rings (SSSR count). The minimum atomic E-state index is 0. The first kappa shape index (κ1) is 17.7. The molecule has 0 spiro atoms. The average molecular weight is 283 g/mol. The van der Waals surface area contributed by atoms with Gasteiger partial charge in [0.15, 0.2) is 0 Å². The molecule has 0 saturated heterocycles. The van der Waals surface area contributed by atoms with Crippen molar-refractivity contribution in [2.45, 2.75) is 33.1 Å². The fourth-order valence-corrected chi connectivity index (χ4v) is 1.43. The Morgan fingerprint density at radius 1 is 1.20 bits per heavy atom. The molecule has 0 amide bonds. The summed E-state index contributed by atoms with van der Waals surface area (Å²) in [5, 5.41) is 0. The first-order chi connectivity index (χ1) is 5.95. The van der Waals surface area contributed by atoms with Crippen molar-refractivity contribution in [3.63, 3.8) is 0 Å². The van der Waals surface area contributed by atoms with Gasteiger partial charge in [-0.2, -0.15) is 0 Å². The molecule has 0 saturated carbocycles. The number of halogens is 2. The van der Waals surface area contributed by atoms with Gasteiger partial charge in [0.1, 0.15) is 17.6 Å². The van der Waals surface area contributed by atoms with Gasteiger partial charge in [0.05, 0.1) is 0 Å². The summed E-state index contributed by atoms with van der Waals surface area (Å²) in [6.45, 7) is 8.48. The molecule has 0 fully saturated rings. The van der Waals surface area contributed by atoms with E-state index in [0.29, 0.717) is 0 Å². The van der Waals surface area contributed by atoms with Crippen LogP contribution in [0.2, 0.25) is 0 Å². The zero-order chi connectivity index (χ0) is 10.1. The van der Waals surface area contributed by atoms with Crippen LogP contribution in [-0.2, 0) is 27.1 Å². The van der Waals surface area contributed by atoms with Gasteiger partial charge >= 0.3 is 0 Å². The van der Waals surface area contributed by atoms with Crippen molar-refractivity contribution in [1.82, 2.24) is 0 Å². The predicted molar refractivity (Wildman–Crippen MR) is 63.6 cm³/mol. The van der Waals surface area contributed by atoms with E-state index in [2.05, 4.69) is 33.8 Å². The summed E-state index contributed by atoms with van der Waals surface area (Å²) in [5.74, 6) is 0.750. The molecule has 0 aliphatic carbocycles. The minimum Gasteiger partial charge on any atom is -0.385 e. The summed E-state index contributed by atoms with van der Waals surface area (Å²) in [4.78, 5) is 0. The largest absolute Gasteiger partial charge is 0.385 e. The van der Waals surface area contributed by atoms with Crippen LogP contribution in [0.1, 0.15) is 31.9 Å². The molecule has 0 unspecified atom stereocenters. The van der Waals surface area contributed by atoms with Crippen LogP contribution in [-0.4, -0.2) is 0 Å². The third-order valence-corrected chi connectivity index (χ3v) is 2.19. The summed E-state index contributed by atoms with van der Waals surface area (Å²) in [6, 6.07) is 6.01. The van der Waals surface area contributed by atoms with Crippen molar-refractivity contribution in [2.24, 2.45) is 0 Å². The second-order valence-corrected chi connectivity index (χ2v) is 4.48. The SMILES string of the molecule is Cc1ccc(OCl)c(C(C)(C)C)c1.Cl.[Ti]. The molecule has 4 heteroatoms. The first-order valence-electron chi connectivity index (χ1n) is 4.35. The maximum atomic E-state index is 5.39. The van der Waals surface area contributed by atoms with Gasteiger partial charge in [-0.15, -0.1) is 12.4 Å². The quantitative estimate of drug-likeness (QED) is 0.700. The molecule has 0 aliphatic rings. The average Bonchev–Trinajstić information content (AvgIpc) is 2.03. The van der Waals surface area contributed by atoms with E-state index in [1.807, 2.05) is 12.1 Å². The minimum absolute atomic E-state index is 0. The summed E-state index contributed by atoms with van der Waals surface area (Å²) in [6.07, 6.45) is 0. The van der Waals surface area contributed by atoms with Crippen LogP contribution in [0.4, 0.5) is 0 Å². The van der Waals surface area contributed by atoms with E-state index in [0.717, 1.165) is 11.3 Å². The van der Waals surface area contributed by atoms with Gasteiger partial charge in [0, 0.05) is 27.3 Å². The molecular formula is C11H16Cl2OTi. The summed E-state index contributed by atoms with van der Waals surface area (Å²) in [5.41, 5.74) is 2.43. The monoisotopic (exact) mass is 282 g/mol. The molecule has 84 valence electrons. The molecule has 0 aliphatic heterocycles. The second-order valence-electron chi connectivity index (χ2n) is 4.33. The zero-order valence-corrected chi connectivity index (χ0v) is 12.6. The molecule has 0 atom stereocenters. The van der Waals surface area contributed by atoms with Crippen LogP contribution in [0.25, 0.3) is 0 Å². The summed E-state index contributed by atoms with van der Waals surface area (Å²) in [7, 11) is 0. The standard InChI is InChI=1S/C11H15ClO.ClH.Ti/c1-8-5-6-10(13-12)9(7-8)11(2,3)4;;/h5-7H,1-4H3;1H;. The van der Waals surface area contributed by atoms with Crippen LogP contribution >= 0.6 is 24.3 Å². The number of hydrogen-bond donors (Lipinski definition) is 0. The van der Waals surface area contributed by atoms with Gasteiger partial charge in [-0.05, 0) is 18.4 Å². The van der Waals surface area contributed by atoms with Crippen LogP contribution in [0.5, 0.6) is 5.75 Å². The summed E-state index contributed by atoms with van der Waals surface area (Å²) >= 11 is 5.39. The smallest absolute Gasteiger partial charge is 0.150 e. The second kappa shape index (κ2) is 6.80. The van der Waals surface area contributed by atoms with Crippen molar-refractivity contribution in [2.75, 3.05) is 0 Å². The van der Waals surface area contributed by atoms with Crippen molar-refractivity contribution >= 4 is 24.3 Å². The Morgan fingerprint density at radius 2 is 1.73 bits per heavy atom. The van der Waals surface area contributed by atoms with Crippen molar-refractivity contribution in [1.29, 1.82) is 0 Å². The van der Waals surface area contributed by atoms with E-state index in [-0.39, 0.29) is 39.5 Å². The number of rotatable bonds is 1. The summed E-state index contributed by atoms with van der Waals surface area (Å²) < 4.78 is 4.80. The molecule has 1 aromatic rings. The molecule has 1 aromatic carbocycles. The number of hydrogen-bond acceptors (Lipinski definition) is 1. The molecule has 0 aromatic heterocycles. The topological polar surface area (TPSA) is 9.23 Å². The Labute approximate surface area is 118 Å². The van der Waals surface area contributed by atoms with E-state index in [9.17, 15) is 0 Å². The van der Waals surface area contributed by atoms with Crippen molar-refractivity contribution < 1.29 is 26.0 Å². The fourth-order valence-electron chi connectivity index (χ4n) is 1.30. The Bertz CT molecular complexity index is 308. The Hall–Kier alpha value is 0.314. The van der Waals surface area contributed by atoms with E-state index in [1.54, 1.807) is 0 Å². The van der Waals surface area contributed by atoms with E-state index < -0.39 is 0 Å². The van der Waals surface area contributed by atoms with Crippen LogP contribution in [0.3, 0.4) is 0 Å². The number of benzene rings is 1. The van der Waals surface area contributed by atoms with Crippen LogP contribution < -0.4 is 4.29 Å². The normalized spacial score (nSPS) is 9.93. The van der Waals surface area contributed by atoms with Crippen molar-refractivity contribution in [3.05, 3.63) is 29.3 Å². The third kappa shape index (κ3) is 4.78. The van der Waals surface area contributed by atoms with Crippen LogP contribution in [0, 0.1) is 6.92 Å². The maximum absolute atomic E-state index is 5.39. The Balaban J connectivity index is 0. The van der Waals surface area contributed by atoms with E-state index in [4.69, 9.17) is 16.2 Å². The number of aryl methyl sites for hydroxylation is 1. The molecule has 0 heterocycles. The Kier molecular flexibility index (Phi) is 8.03. The molecule has 1 nitrogen and oxygen atoms in total. The molecule has 15 heavy (non-hydrogen) atoms. The molecule has 0 bridgehead atoms. The first-order valence-corrected chi connectivity index (χ1v) is 4.66. The molecule has 0 radical (unpaired) electrons. The van der Waals surface area contributed by atoms with Gasteiger partial charge in [-0.3, -0.25) is 0 Å². The fraction of sp³-hybridized carbons (Fsp3) is 0.455. The van der Waals surface area contributed by atoms with Gasteiger partial charge in [-0.25, -0.2) is 0 Å². The zero-order valence-electron chi connectivity index (χ0n) is 9.43. The van der Waals surface area contributed by atoms with Crippen molar-refractivity contribution in [3.8, 4) is 5.75 Å². The van der Waals surface area contributed by atoms with Gasteiger partial charge in [0.25, 0.3) is 0 Å². The van der Waals surface area contributed by atoms with E-state index >= 15 is 0 Å². The molecular weight excluding hydrogens is 267 g/mol. The maximum Gasteiger partial charge on any atom is 0.150 e. The van der Waals surface area contributed by atoms with Crippen LogP contribution in [0.15, 0.2) is 18.2 Å². The van der Waals surface area contributed by atoms with Gasteiger partial charge < -0.3 is 4.29 Å². The van der Waals surface area contributed by atoms with Gasteiger partial charge in [-0.1, -0.05) is 38.5 Å². The Morgan fingerprint density at radius 3 is 2.13 bits per heavy atom. The van der Waals surface area contributed by atoms with Gasteiger partial charge in [0.2, 0.25) is 0 Å². The predicted octanol–water partition coefficient (Wildman–Crippen LogP) is 4.24. The van der Waals surface area contributed by atoms with E-state index in [1.165, 1.54) is 5.56 Å². The third-order valence-electron chi connectivity index (χ3n) is 2.03.